The van der Waals surface area contributed by atoms with Crippen molar-refractivity contribution >= 4 is 17.7 Å². The highest BCUT2D eigenvalue weighted by Crippen LogP contribution is 2.34. The second kappa shape index (κ2) is 8.85. The molecule has 3 rings (SSSR count). The molecule has 0 N–H and O–H groups in total. The summed E-state index contributed by atoms with van der Waals surface area (Å²) in [6.45, 7) is 1.44. The van der Waals surface area contributed by atoms with Crippen LogP contribution in [0.2, 0.25) is 0 Å². The summed E-state index contributed by atoms with van der Waals surface area (Å²) >= 11 is 1.88. The molecule has 2 aromatic rings. The number of carbonyl (C=O) groups excluding carboxylic acids is 1. The molecule has 0 bridgehead atoms. The minimum atomic E-state index is -0.00489. The number of hydrogen-bond acceptors (Lipinski definition) is 5. The fourth-order valence-electron chi connectivity index (χ4n) is 2.86. The fourth-order valence-corrected chi connectivity index (χ4v) is 4.11. The van der Waals surface area contributed by atoms with Gasteiger partial charge in [0.1, 0.15) is 5.75 Å². The van der Waals surface area contributed by atoms with Crippen molar-refractivity contribution in [3.05, 3.63) is 54.1 Å². The monoisotopic (exact) mass is 373 g/mol. The normalized spacial score (nSPS) is 16.8. The van der Waals surface area contributed by atoms with Crippen molar-refractivity contribution < 1.29 is 19.0 Å². The first kappa shape index (κ1) is 18.5. The van der Waals surface area contributed by atoms with Gasteiger partial charge in [0, 0.05) is 24.1 Å². The molecular formula is C20H23NO4S. The van der Waals surface area contributed by atoms with E-state index >= 15 is 0 Å². The Morgan fingerprint density at radius 1 is 1.08 bits per heavy atom. The summed E-state index contributed by atoms with van der Waals surface area (Å²) in [4.78, 5) is 14.5. The maximum atomic E-state index is 12.6. The Balaban J connectivity index is 1.58. The summed E-state index contributed by atoms with van der Waals surface area (Å²) < 4.78 is 16.1. The highest BCUT2D eigenvalue weighted by Gasteiger charge is 2.25. The largest absolute Gasteiger partial charge is 0.497 e. The van der Waals surface area contributed by atoms with E-state index in [0.717, 1.165) is 18.0 Å². The molecule has 1 aliphatic rings. The smallest absolute Gasteiger partial charge is 0.260 e. The second-order valence-corrected chi connectivity index (χ2v) is 7.22. The zero-order valence-electron chi connectivity index (χ0n) is 15.0. The van der Waals surface area contributed by atoms with Gasteiger partial charge in [-0.2, -0.15) is 11.8 Å². The number of methoxy groups -OCH3 is 2. The number of hydrogen-bond donors (Lipinski definition) is 0. The molecule has 0 saturated carbocycles. The van der Waals surface area contributed by atoms with E-state index in [2.05, 4.69) is 12.1 Å². The molecule has 5 nitrogen and oxygen atoms in total. The molecule has 0 radical (unpaired) electrons. The van der Waals surface area contributed by atoms with Crippen molar-refractivity contribution in [3.63, 3.8) is 0 Å². The SMILES string of the molecule is COc1ccc(C2CN(C(=O)COc3ccccc3OC)CCS2)cc1. The predicted molar refractivity (Wildman–Crippen MR) is 103 cm³/mol. The van der Waals surface area contributed by atoms with Gasteiger partial charge in [-0.25, -0.2) is 0 Å². The Morgan fingerprint density at radius 2 is 1.81 bits per heavy atom. The third kappa shape index (κ3) is 4.43. The van der Waals surface area contributed by atoms with E-state index in [9.17, 15) is 4.79 Å². The summed E-state index contributed by atoms with van der Waals surface area (Å²) in [5.41, 5.74) is 1.21. The van der Waals surface area contributed by atoms with Crippen molar-refractivity contribution in [3.8, 4) is 17.2 Å². The standard InChI is InChI=1S/C20H23NO4S/c1-23-16-9-7-15(8-10-16)19-13-21(11-12-26-19)20(22)14-25-18-6-4-3-5-17(18)24-2/h3-10,19H,11-14H2,1-2H3. The van der Waals surface area contributed by atoms with Gasteiger partial charge in [0.05, 0.1) is 14.2 Å². The van der Waals surface area contributed by atoms with Crippen molar-refractivity contribution in [1.82, 2.24) is 4.90 Å². The van der Waals surface area contributed by atoms with Crippen LogP contribution in [0.4, 0.5) is 0 Å². The zero-order chi connectivity index (χ0) is 18.4. The van der Waals surface area contributed by atoms with Crippen LogP contribution in [-0.4, -0.2) is 50.5 Å². The number of nitrogens with zero attached hydrogens (tertiary/aromatic N) is 1. The first-order chi connectivity index (χ1) is 12.7. The number of thioether (sulfide) groups is 1. The van der Waals surface area contributed by atoms with Crippen LogP contribution >= 0.6 is 11.8 Å². The summed E-state index contributed by atoms with van der Waals surface area (Å²) in [6.07, 6.45) is 0. The summed E-state index contributed by atoms with van der Waals surface area (Å²) in [7, 11) is 3.25. The first-order valence-corrected chi connectivity index (χ1v) is 9.55. The van der Waals surface area contributed by atoms with Crippen molar-refractivity contribution in [2.75, 3.05) is 39.7 Å². The Bertz CT molecular complexity index is 735. The first-order valence-electron chi connectivity index (χ1n) is 8.50. The summed E-state index contributed by atoms with van der Waals surface area (Å²) in [5.74, 6) is 2.96. The molecule has 0 aliphatic carbocycles. The van der Waals surface area contributed by atoms with E-state index in [1.165, 1.54) is 5.56 Å². The average Bonchev–Trinajstić information content (AvgIpc) is 2.72. The predicted octanol–water partition coefficient (Wildman–Crippen LogP) is 3.40. The third-order valence-corrected chi connectivity index (χ3v) is 5.57. The van der Waals surface area contributed by atoms with Gasteiger partial charge >= 0.3 is 0 Å². The lowest BCUT2D eigenvalue weighted by Crippen LogP contribution is -2.41. The van der Waals surface area contributed by atoms with Gasteiger partial charge in [-0.05, 0) is 29.8 Å². The van der Waals surface area contributed by atoms with Gasteiger partial charge in [0.2, 0.25) is 0 Å². The van der Waals surface area contributed by atoms with Crippen LogP contribution in [0.25, 0.3) is 0 Å². The molecule has 1 saturated heterocycles. The third-order valence-electron chi connectivity index (χ3n) is 4.33. The van der Waals surface area contributed by atoms with E-state index in [1.807, 2.05) is 47.0 Å². The van der Waals surface area contributed by atoms with Crippen LogP contribution in [0.15, 0.2) is 48.5 Å². The van der Waals surface area contributed by atoms with E-state index in [0.29, 0.717) is 18.0 Å². The van der Waals surface area contributed by atoms with Crippen LogP contribution in [0.1, 0.15) is 10.8 Å². The van der Waals surface area contributed by atoms with Crippen LogP contribution in [0, 0.1) is 0 Å². The molecule has 1 fully saturated rings. The number of rotatable bonds is 6. The van der Waals surface area contributed by atoms with Gasteiger partial charge in [-0.15, -0.1) is 0 Å². The second-order valence-electron chi connectivity index (χ2n) is 5.91. The molecule has 1 aliphatic heterocycles. The van der Waals surface area contributed by atoms with Crippen molar-refractivity contribution in [2.24, 2.45) is 0 Å². The van der Waals surface area contributed by atoms with Gasteiger partial charge in [-0.3, -0.25) is 4.79 Å². The van der Waals surface area contributed by atoms with Gasteiger partial charge in [0.25, 0.3) is 5.91 Å². The lowest BCUT2D eigenvalue weighted by atomic mass is 10.1. The molecule has 1 amide bonds. The highest BCUT2D eigenvalue weighted by atomic mass is 32.2. The molecule has 6 heteroatoms. The van der Waals surface area contributed by atoms with E-state index in [-0.39, 0.29) is 17.8 Å². The Hall–Kier alpha value is -2.34. The minimum Gasteiger partial charge on any atom is -0.497 e. The maximum absolute atomic E-state index is 12.6. The summed E-state index contributed by atoms with van der Waals surface area (Å²) in [6, 6.07) is 15.4. The molecule has 26 heavy (non-hydrogen) atoms. The zero-order valence-corrected chi connectivity index (χ0v) is 15.8. The number of carbonyl (C=O) groups is 1. The highest BCUT2D eigenvalue weighted by molar-refractivity contribution is 7.99. The fraction of sp³-hybridized carbons (Fsp3) is 0.350. The van der Waals surface area contributed by atoms with E-state index in [1.54, 1.807) is 20.3 Å². The maximum Gasteiger partial charge on any atom is 0.260 e. The average molecular weight is 373 g/mol. The minimum absolute atomic E-state index is 0.00489. The van der Waals surface area contributed by atoms with Crippen LogP contribution < -0.4 is 14.2 Å². The topological polar surface area (TPSA) is 48.0 Å². The molecule has 1 unspecified atom stereocenters. The summed E-state index contributed by atoms with van der Waals surface area (Å²) in [5, 5.41) is 0.268. The number of ether oxygens (including phenoxy) is 3. The quantitative estimate of drug-likeness (QED) is 0.777. The Labute approximate surface area is 158 Å². The molecule has 0 aromatic heterocycles. The van der Waals surface area contributed by atoms with Crippen molar-refractivity contribution in [1.29, 1.82) is 0 Å². The van der Waals surface area contributed by atoms with Gasteiger partial charge in [0.15, 0.2) is 18.1 Å². The Morgan fingerprint density at radius 3 is 2.50 bits per heavy atom. The lowest BCUT2D eigenvalue weighted by Gasteiger charge is -2.32. The molecule has 1 heterocycles. The molecular weight excluding hydrogens is 350 g/mol. The van der Waals surface area contributed by atoms with Crippen LogP contribution in [0.5, 0.6) is 17.2 Å². The molecule has 138 valence electrons. The molecule has 1 atom stereocenters. The molecule has 2 aromatic carbocycles. The van der Waals surface area contributed by atoms with Crippen molar-refractivity contribution in [2.45, 2.75) is 5.25 Å². The van der Waals surface area contributed by atoms with Crippen LogP contribution in [-0.2, 0) is 4.79 Å². The van der Waals surface area contributed by atoms with Crippen LogP contribution in [0.3, 0.4) is 0 Å². The van der Waals surface area contributed by atoms with Gasteiger partial charge in [-0.1, -0.05) is 24.3 Å². The lowest BCUT2D eigenvalue weighted by molar-refractivity contribution is -0.133. The number of amides is 1. The Kier molecular flexibility index (Phi) is 6.28. The van der Waals surface area contributed by atoms with Gasteiger partial charge < -0.3 is 19.1 Å². The van der Waals surface area contributed by atoms with E-state index < -0.39 is 0 Å². The number of benzene rings is 2. The number of para-hydroxylation sites is 2. The van der Waals surface area contributed by atoms with E-state index in [4.69, 9.17) is 14.2 Å². The molecule has 0 spiro atoms.